The Labute approximate surface area is 120 Å². The van der Waals surface area contributed by atoms with Gasteiger partial charge < -0.3 is 0 Å². The fraction of sp³-hybridized carbons (Fsp3) is 0.789. The first kappa shape index (κ1) is 14.9. The van der Waals surface area contributed by atoms with E-state index >= 15 is 0 Å². The normalized spacial score (nSPS) is 26.8. The molecule has 0 amide bonds. The molecule has 0 radical (unpaired) electrons. The summed E-state index contributed by atoms with van der Waals surface area (Å²) >= 11 is 0. The zero-order valence-electron chi connectivity index (χ0n) is 13.0. The molecule has 0 N–H and O–H groups in total. The zero-order valence-corrected chi connectivity index (χ0v) is 13.0. The minimum Gasteiger partial charge on any atom is -0.0885 e. The Balaban J connectivity index is 1.68. The van der Waals surface area contributed by atoms with E-state index in [0.717, 1.165) is 17.8 Å². The molecule has 19 heavy (non-hydrogen) atoms. The highest BCUT2D eigenvalue weighted by molar-refractivity contribution is 5.05. The molecule has 0 nitrogen and oxygen atoms in total. The zero-order chi connectivity index (χ0) is 13.5. The lowest BCUT2D eigenvalue weighted by atomic mass is 9.81. The lowest BCUT2D eigenvalue weighted by Crippen LogP contribution is -2.12. The van der Waals surface area contributed by atoms with E-state index in [1.54, 1.807) is 5.57 Å². The number of hydrogen-bond acceptors (Lipinski definition) is 0. The van der Waals surface area contributed by atoms with Gasteiger partial charge in [0.15, 0.2) is 0 Å². The second-order valence-electron chi connectivity index (χ2n) is 6.99. The summed E-state index contributed by atoms with van der Waals surface area (Å²) in [4.78, 5) is 0. The molecule has 2 rings (SSSR count). The van der Waals surface area contributed by atoms with Gasteiger partial charge >= 0.3 is 0 Å². The van der Waals surface area contributed by atoms with Crippen LogP contribution in [0.2, 0.25) is 0 Å². The lowest BCUT2D eigenvalue weighted by Gasteiger charge is -2.25. The molecule has 0 aromatic carbocycles. The van der Waals surface area contributed by atoms with Crippen molar-refractivity contribution in [2.24, 2.45) is 17.8 Å². The van der Waals surface area contributed by atoms with Gasteiger partial charge in [0.2, 0.25) is 0 Å². The van der Waals surface area contributed by atoms with Gasteiger partial charge in [0.25, 0.3) is 0 Å². The fourth-order valence-electron chi connectivity index (χ4n) is 3.61. The van der Waals surface area contributed by atoms with Crippen molar-refractivity contribution in [1.82, 2.24) is 0 Å². The van der Waals surface area contributed by atoms with Gasteiger partial charge in [-0.15, -0.1) is 0 Å². The molecule has 0 bridgehead atoms. The van der Waals surface area contributed by atoms with Crippen LogP contribution in [0.15, 0.2) is 23.8 Å². The summed E-state index contributed by atoms with van der Waals surface area (Å²) in [5.74, 6) is 2.76. The van der Waals surface area contributed by atoms with Gasteiger partial charge in [0, 0.05) is 0 Å². The molecule has 0 spiro atoms. The summed E-state index contributed by atoms with van der Waals surface area (Å²) in [6.45, 7) is 4.95. The van der Waals surface area contributed by atoms with Crippen LogP contribution in [0, 0.1) is 17.8 Å². The third-order valence-electron chi connectivity index (χ3n) is 5.35. The summed E-state index contributed by atoms with van der Waals surface area (Å²) in [6, 6.07) is 0. The molecule has 0 aromatic rings. The van der Waals surface area contributed by atoms with Crippen molar-refractivity contribution in [3.8, 4) is 0 Å². The molecule has 2 aliphatic rings. The first-order valence-corrected chi connectivity index (χ1v) is 8.58. The summed E-state index contributed by atoms with van der Waals surface area (Å²) in [5.41, 5.74) is 1.76. The maximum atomic E-state index is 2.53. The average molecular weight is 260 g/mol. The third kappa shape index (κ3) is 5.16. The van der Waals surface area contributed by atoms with E-state index in [4.69, 9.17) is 0 Å². The molecule has 2 aliphatic carbocycles. The van der Waals surface area contributed by atoms with Crippen molar-refractivity contribution >= 4 is 0 Å². The largest absolute Gasteiger partial charge is 0.0885 e. The van der Waals surface area contributed by atoms with Crippen LogP contribution < -0.4 is 0 Å². The lowest BCUT2D eigenvalue weighted by molar-refractivity contribution is 0.311. The molecule has 108 valence electrons. The Kier molecular flexibility index (Phi) is 6.20. The van der Waals surface area contributed by atoms with Crippen molar-refractivity contribution in [2.45, 2.75) is 78.1 Å². The molecule has 3 unspecified atom stereocenters. The molecule has 0 heteroatoms. The molecular formula is C19H32. The summed E-state index contributed by atoms with van der Waals surface area (Å²) in [5, 5.41) is 0. The van der Waals surface area contributed by atoms with Crippen LogP contribution in [0.4, 0.5) is 0 Å². The Bertz CT molecular complexity index is 310. The van der Waals surface area contributed by atoms with Crippen LogP contribution in [0.1, 0.15) is 78.1 Å². The number of rotatable bonds is 6. The second-order valence-corrected chi connectivity index (χ2v) is 6.99. The number of allylic oxidation sites excluding steroid dienone is 4. The van der Waals surface area contributed by atoms with Gasteiger partial charge in [-0.1, -0.05) is 44.1 Å². The molecule has 0 heterocycles. The van der Waals surface area contributed by atoms with Gasteiger partial charge in [0.1, 0.15) is 0 Å². The Morgan fingerprint density at radius 3 is 2.68 bits per heavy atom. The topological polar surface area (TPSA) is 0 Å². The van der Waals surface area contributed by atoms with Crippen molar-refractivity contribution in [3.63, 3.8) is 0 Å². The van der Waals surface area contributed by atoms with Crippen LogP contribution in [0.25, 0.3) is 0 Å². The highest BCUT2D eigenvalue weighted by atomic mass is 14.2. The maximum Gasteiger partial charge on any atom is -0.0292 e. The Morgan fingerprint density at radius 1 is 1.11 bits per heavy atom. The first-order valence-electron chi connectivity index (χ1n) is 8.58. The van der Waals surface area contributed by atoms with E-state index in [0.29, 0.717) is 0 Å². The second kappa shape index (κ2) is 7.92. The Hall–Kier alpha value is -0.520. The van der Waals surface area contributed by atoms with Gasteiger partial charge in [-0.2, -0.15) is 0 Å². The van der Waals surface area contributed by atoms with E-state index in [-0.39, 0.29) is 0 Å². The summed E-state index contributed by atoms with van der Waals surface area (Å²) in [7, 11) is 0. The van der Waals surface area contributed by atoms with Crippen molar-refractivity contribution < 1.29 is 0 Å². The smallest absolute Gasteiger partial charge is 0.0292 e. The molecule has 0 saturated carbocycles. The predicted molar refractivity (Wildman–Crippen MR) is 85.2 cm³/mol. The molecule has 0 saturated heterocycles. The maximum absolute atomic E-state index is 2.53. The van der Waals surface area contributed by atoms with E-state index in [1.807, 2.05) is 0 Å². The molecule has 0 aromatic heterocycles. The first-order chi connectivity index (χ1) is 9.25. The third-order valence-corrected chi connectivity index (χ3v) is 5.35. The Morgan fingerprint density at radius 2 is 2.00 bits per heavy atom. The van der Waals surface area contributed by atoms with Crippen LogP contribution in [-0.4, -0.2) is 0 Å². The number of hydrogen-bond donors (Lipinski definition) is 0. The molecule has 0 aliphatic heterocycles. The van der Waals surface area contributed by atoms with Crippen molar-refractivity contribution in [1.29, 1.82) is 0 Å². The summed E-state index contributed by atoms with van der Waals surface area (Å²) < 4.78 is 0. The van der Waals surface area contributed by atoms with Crippen molar-refractivity contribution in [3.05, 3.63) is 23.8 Å². The SMILES string of the molecule is CC(CCC1CC=CCC1)C(C)CC1=CCCCC1. The van der Waals surface area contributed by atoms with Gasteiger partial charge in [-0.05, 0) is 75.5 Å². The molecular weight excluding hydrogens is 228 g/mol. The minimum atomic E-state index is 0.878. The average Bonchev–Trinajstić information content (AvgIpc) is 2.47. The molecule has 0 fully saturated rings. The van der Waals surface area contributed by atoms with Crippen LogP contribution >= 0.6 is 0 Å². The van der Waals surface area contributed by atoms with Gasteiger partial charge in [-0.3, -0.25) is 0 Å². The van der Waals surface area contributed by atoms with Gasteiger partial charge in [-0.25, -0.2) is 0 Å². The summed E-state index contributed by atoms with van der Waals surface area (Å²) in [6.07, 6.45) is 21.2. The minimum absolute atomic E-state index is 0.878. The van der Waals surface area contributed by atoms with Crippen LogP contribution in [0.5, 0.6) is 0 Å². The highest BCUT2D eigenvalue weighted by Crippen LogP contribution is 2.31. The standard InChI is InChI=1S/C19H32/c1-16(13-14-18-9-5-3-6-10-18)17(2)15-19-11-7-4-8-12-19/h3,5,11,16-18H,4,6-10,12-15H2,1-2H3. The van der Waals surface area contributed by atoms with E-state index in [9.17, 15) is 0 Å². The van der Waals surface area contributed by atoms with E-state index in [1.165, 1.54) is 64.2 Å². The van der Waals surface area contributed by atoms with Crippen LogP contribution in [0.3, 0.4) is 0 Å². The van der Waals surface area contributed by atoms with Gasteiger partial charge in [0.05, 0.1) is 0 Å². The molecule has 3 atom stereocenters. The highest BCUT2D eigenvalue weighted by Gasteiger charge is 2.17. The van der Waals surface area contributed by atoms with E-state index < -0.39 is 0 Å². The van der Waals surface area contributed by atoms with Crippen molar-refractivity contribution in [2.75, 3.05) is 0 Å². The quantitative estimate of drug-likeness (QED) is 0.493. The van der Waals surface area contributed by atoms with Crippen LogP contribution in [-0.2, 0) is 0 Å². The fourth-order valence-corrected chi connectivity index (χ4v) is 3.61. The van der Waals surface area contributed by atoms with E-state index in [2.05, 4.69) is 32.1 Å². The monoisotopic (exact) mass is 260 g/mol. The predicted octanol–water partition coefficient (Wildman–Crippen LogP) is 6.29.